The molecule has 0 unspecified atom stereocenters. The Morgan fingerprint density at radius 1 is 0.893 bits per heavy atom. The van der Waals surface area contributed by atoms with E-state index in [1.54, 1.807) is 0 Å². The minimum atomic E-state index is 0.163. The molecule has 3 N–H and O–H groups in total. The first-order valence-electron chi connectivity index (χ1n) is 10.9. The van der Waals surface area contributed by atoms with Crippen LogP contribution in [0.25, 0.3) is 0 Å². The lowest BCUT2D eigenvalue weighted by Gasteiger charge is -2.21. The third kappa shape index (κ3) is 7.03. The van der Waals surface area contributed by atoms with Crippen molar-refractivity contribution in [3.63, 3.8) is 0 Å². The van der Waals surface area contributed by atoms with E-state index in [2.05, 4.69) is 35.5 Å². The summed E-state index contributed by atoms with van der Waals surface area (Å²) in [5.41, 5.74) is 10.5. The summed E-state index contributed by atoms with van der Waals surface area (Å²) in [6.45, 7) is 4.00. The lowest BCUT2D eigenvalue weighted by atomic mass is 9.85. The predicted octanol–water partition coefficient (Wildman–Crippen LogP) is 6.11. The van der Waals surface area contributed by atoms with E-state index in [1.807, 2.05) is 32.0 Å². The zero-order chi connectivity index (χ0) is 20.2. The molecule has 0 bridgehead atoms. The molecule has 3 rings (SSSR count). The second kappa shape index (κ2) is 12.2. The van der Waals surface area contributed by atoms with Gasteiger partial charge in [0, 0.05) is 5.56 Å². The molecule has 0 aromatic heterocycles. The van der Waals surface area contributed by atoms with Gasteiger partial charge < -0.3 is 10.9 Å². The monoisotopic (exact) mass is 380 g/mol. The number of hydrogen-bond acceptors (Lipinski definition) is 2. The van der Waals surface area contributed by atoms with Crippen LogP contribution in [0.15, 0.2) is 53.7 Å². The number of nitrogens with zero attached hydrogens (tertiary/aromatic N) is 1. The maximum absolute atomic E-state index is 8.83. The van der Waals surface area contributed by atoms with Crippen molar-refractivity contribution in [2.45, 2.75) is 71.6 Å². The number of amidine groups is 1. The van der Waals surface area contributed by atoms with Crippen LogP contribution in [0, 0.1) is 5.92 Å². The van der Waals surface area contributed by atoms with Gasteiger partial charge in [0.05, 0.1) is 0 Å². The minimum absolute atomic E-state index is 0.163. The van der Waals surface area contributed by atoms with Gasteiger partial charge in [0.25, 0.3) is 0 Å². The molecule has 2 aromatic rings. The Kier molecular flexibility index (Phi) is 9.61. The second-order valence-corrected chi connectivity index (χ2v) is 7.55. The Morgan fingerprint density at radius 3 is 2.11 bits per heavy atom. The van der Waals surface area contributed by atoms with E-state index in [0.717, 1.165) is 24.3 Å². The van der Waals surface area contributed by atoms with Gasteiger partial charge in [0.2, 0.25) is 0 Å². The summed E-state index contributed by atoms with van der Waals surface area (Å²) in [5, 5.41) is 11.9. The normalized spacial score (nSPS) is 15.0. The molecular formula is C25H36N2O. The molecule has 0 saturated heterocycles. The van der Waals surface area contributed by atoms with Gasteiger partial charge >= 0.3 is 0 Å². The Morgan fingerprint density at radius 2 is 1.46 bits per heavy atom. The highest BCUT2D eigenvalue weighted by atomic mass is 16.4. The molecule has 0 spiro atoms. The second-order valence-electron chi connectivity index (χ2n) is 7.55. The van der Waals surface area contributed by atoms with Crippen LogP contribution in [0.2, 0.25) is 0 Å². The van der Waals surface area contributed by atoms with Gasteiger partial charge in [-0.25, -0.2) is 0 Å². The lowest BCUT2D eigenvalue weighted by Crippen LogP contribution is -2.13. The highest BCUT2D eigenvalue weighted by molar-refractivity contribution is 5.97. The molecule has 1 fully saturated rings. The maximum atomic E-state index is 8.83. The van der Waals surface area contributed by atoms with Gasteiger partial charge in [-0.1, -0.05) is 93.6 Å². The van der Waals surface area contributed by atoms with Crippen LogP contribution in [0.4, 0.5) is 0 Å². The van der Waals surface area contributed by atoms with Crippen molar-refractivity contribution in [1.29, 1.82) is 0 Å². The van der Waals surface area contributed by atoms with Gasteiger partial charge in [0.15, 0.2) is 5.84 Å². The van der Waals surface area contributed by atoms with E-state index in [9.17, 15) is 0 Å². The number of hydrogen-bond donors (Lipinski definition) is 2. The Balaban J connectivity index is 0.00000136. The molecule has 1 saturated carbocycles. The van der Waals surface area contributed by atoms with Gasteiger partial charge in [-0.2, -0.15) is 0 Å². The summed E-state index contributed by atoms with van der Waals surface area (Å²) in [6.07, 6.45) is 11.7. The largest absolute Gasteiger partial charge is 0.409 e. The van der Waals surface area contributed by atoms with Gasteiger partial charge in [-0.15, -0.1) is 0 Å². The van der Waals surface area contributed by atoms with Crippen LogP contribution in [0.1, 0.15) is 74.6 Å². The number of oxime groups is 1. The topological polar surface area (TPSA) is 58.6 Å². The molecule has 2 aromatic carbocycles. The summed E-state index contributed by atoms with van der Waals surface area (Å²) < 4.78 is 0. The molecular weight excluding hydrogens is 344 g/mol. The van der Waals surface area contributed by atoms with E-state index < -0.39 is 0 Å². The van der Waals surface area contributed by atoms with Crippen molar-refractivity contribution in [2.24, 2.45) is 16.8 Å². The van der Waals surface area contributed by atoms with Crippen molar-refractivity contribution in [3.8, 4) is 0 Å². The van der Waals surface area contributed by atoms with Crippen LogP contribution >= 0.6 is 0 Å². The van der Waals surface area contributed by atoms with Crippen molar-refractivity contribution in [2.75, 3.05) is 0 Å². The predicted molar refractivity (Wildman–Crippen MR) is 119 cm³/mol. The summed E-state index contributed by atoms with van der Waals surface area (Å²) >= 11 is 0. The number of rotatable bonds is 7. The van der Waals surface area contributed by atoms with Gasteiger partial charge in [-0.3, -0.25) is 0 Å². The third-order valence-corrected chi connectivity index (χ3v) is 5.59. The molecule has 3 heteroatoms. The lowest BCUT2D eigenvalue weighted by molar-refractivity contribution is 0.318. The smallest absolute Gasteiger partial charge is 0.170 e. The Labute approximate surface area is 170 Å². The first-order valence-corrected chi connectivity index (χ1v) is 10.9. The molecule has 0 amide bonds. The van der Waals surface area contributed by atoms with Crippen LogP contribution in [-0.4, -0.2) is 11.0 Å². The standard InChI is InChI=1S/C23H30N2O.C2H6/c24-23(25-26)22-11-5-10-21(17-22)15-14-20-9-4-8-19(16-20)13-12-18-6-2-1-3-7-18;1-2/h4-5,8-11,16-18,26H,1-3,6-7,12-15H2,(H2,24,25);1-2H3. The van der Waals surface area contributed by atoms with Crippen molar-refractivity contribution in [1.82, 2.24) is 0 Å². The van der Waals surface area contributed by atoms with E-state index >= 15 is 0 Å². The zero-order valence-corrected chi connectivity index (χ0v) is 17.5. The first kappa shape index (κ1) is 22.0. The van der Waals surface area contributed by atoms with E-state index in [4.69, 9.17) is 10.9 Å². The average molecular weight is 381 g/mol. The molecule has 3 nitrogen and oxygen atoms in total. The van der Waals surface area contributed by atoms with Gasteiger partial charge in [-0.05, 0) is 54.4 Å². The van der Waals surface area contributed by atoms with Crippen LogP contribution in [-0.2, 0) is 19.3 Å². The quantitative estimate of drug-likeness (QED) is 0.264. The summed E-state index contributed by atoms with van der Waals surface area (Å²) in [7, 11) is 0. The summed E-state index contributed by atoms with van der Waals surface area (Å²) in [4.78, 5) is 0. The molecule has 1 aliphatic rings. The molecule has 1 aliphatic carbocycles. The number of benzene rings is 2. The fraction of sp³-hybridized carbons (Fsp3) is 0.480. The van der Waals surface area contributed by atoms with Crippen LogP contribution in [0.5, 0.6) is 0 Å². The molecule has 152 valence electrons. The van der Waals surface area contributed by atoms with E-state index in [0.29, 0.717) is 0 Å². The van der Waals surface area contributed by atoms with Crippen molar-refractivity contribution in [3.05, 3.63) is 70.8 Å². The highest BCUT2D eigenvalue weighted by Gasteiger charge is 2.13. The molecule has 28 heavy (non-hydrogen) atoms. The third-order valence-electron chi connectivity index (χ3n) is 5.59. The summed E-state index contributed by atoms with van der Waals surface area (Å²) in [6, 6.07) is 17.0. The number of aryl methyl sites for hydroxylation is 3. The zero-order valence-electron chi connectivity index (χ0n) is 17.5. The van der Waals surface area contributed by atoms with E-state index in [1.165, 1.54) is 61.6 Å². The highest BCUT2D eigenvalue weighted by Crippen LogP contribution is 2.27. The van der Waals surface area contributed by atoms with Crippen LogP contribution < -0.4 is 5.73 Å². The fourth-order valence-corrected chi connectivity index (χ4v) is 4.02. The molecule has 0 aliphatic heterocycles. The van der Waals surface area contributed by atoms with Crippen molar-refractivity contribution >= 4 is 5.84 Å². The number of nitrogens with two attached hydrogens (primary N) is 1. The van der Waals surface area contributed by atoms with Crippen LogP contribution in [0.3, 0.4) is 0 Å². The van der Waals surface area contributed by atoms with Gasteiger partial charge in [0.1, 0.15) is 0 Å². The summed E-state index contributed by atoms with van der Waals surface area (Å²) in [5.74, 6) is 1.10. The SMILES string of the molecule is CC.N/C(=N\O)c1cccc(CCc2cccc(CCC3CCCCC3)c2)c1. The minimum Gasteiger partial charge on any atom is -0.409 e. The average Bonchev–Trinajstić information content (AvgIpc) is 2.78. The first-order chi connectivity index (χ1) is 13.7. The molecule has 0 atom stereocenters. The maximum Gasteiger partial charge on any atom is 0.170 e. The Hall–Kier alpha value is -2.29. The van der Waals surface area contributed by atoms with Crippen molar-refractivity contribution < 1.29 is 5.21 Å². The Bertz CT molecular complexity index is 733. The molecule has 0 radical (unpaired) electrons. The fourth-order valence-electron chi connectivity index (χ4n) is 4.02. The molecule has 0 heterocycles. The van der Waals surface area contributed by atoms with E-state index in [-0.39, 0.29) is 5.84 Å².